The number of aliphatic hydroxyl groups excluding tert-OH is 1. The fourth-order valence-electron chi connectivity index (χ4n) is 3.24. The minimum Gasteiger partial charge on any atom is -0.388 e. The van der Waals surface area contributed by atoms with Gasteiger partial charge in [-0.2, -0.15) is 4.98 Å². The van der Waals surface area contributed by atoms with E-state index in [4.69, 9.17) is 17.3 Å². The number of rotatable bonds is 6. The first-order valence-corrected chi connectivity index (χ1v) is 10.1. The summed E-state index contributed by atoms with van der Waals surface area (Å²) in [6.07, 6.45) is 1.42. The van der Waals surface area contributed by atoms with Crippen molar-refractivity contribution in [1.29, 1.82) is 0 Å². The van der Waals surface area contributed by atoms with Gasteiger partial charge in [-0.3, -0.25) is 4.79 Å². The van der Waals surface area contributed by atoms with Gasteiger partial charge < -0.3 is 16.2 Å². The summed E-state index contributed by atoms with van der Waals surface area (Å²) in [6.45, 7) is 2.13. The van der Waals surface area contributed by atoms with Crippen molar-refractivity contribution < 1.29 is 9.90 Å². The molecular formula is C22H21ClN6O2. The van der Waals surface area contributed by atoms with Crippen LogP contribution in [0.25, 0.3) is 16.9 Å². The number of carbonyl (C=O) groups excluding carboxylic acids is 1. The summed E-state index contributed by atoms with van der Waals surface area (Å²) < 4.78 is 1.58. The van der Waals surface area contributed by atoms with Crippen LogP contribution < -0.4 is 11.1 Å². The van der Waals surface area contributed by atoms with E-state index in [1.807, 2.05) is 31.2 Å². The van der Waals surface area contributed by atoms with E-state index in [2.05, 4.69) is 20.4 Å². The van der Waals surface area contributed by atoms with E-state index in [1.165, 1.54) is 0 Å². The Morgan fingerprint density at radius 1 is 1.19 bits per heavy atom. The monoisotopic (exact) mass is 436 g/mol. The Morgan fingerprint density at radius 2 is 1.97 bits per heavy atom. The van der Waals surface area contributed by atoms with Crippen LogP contribution in [0.15, 0.2) is 54.7 Å². The summed E-state index contributed by atoms with van der Waals surface area (Å²) in [5, 5.41) is 17.8. The summed E-state index contributed by atoms with van der Waals surface area (Å²) in [7, 11) is 0. The lowest BCUT2D eigenvalue weighted by Crippen LogP contribution is -2.27. The van der Waals surface area contributed by atoms with E-state index < -0.39 is 6.10 Å². The molecule has 1 aromatic carbocycles. The minimum atomic E-state index is -0.694. The number of aryl methyl sites for hydroxylation is 1. The second-order valence-electron chi connectivity index (χ2n) is 7.16. The molecule has 4 rings (SSSR count). The highest BCUT2D eigenvalue weighted by Crippen LogP contribution is 2.21. The van der Waals surface area contributed by atoms with Crippen LogP contribution in [0, 0.1) is 6.92 Å². The van der Waals surface area contributed by atoms with Crippen molar-refractivity contribution >= 4 is 29.1 Å². The Balaban J connectivity index is 1.45. The summed E-state index contributed by atoms with van der Waals surface area (Å²) in [6, 6.07) is 14.3. The van der Waals surface area contributed by atoms with Crippen molar-refractivity contribution in [1.82, 2.24) is 24.9 Å². The van der Waals surface area contributed by atoms with Gasteiger partial charge in [0.15, 0.2) is 5.65 Å². The Morgan fingerprint density at radius 3 is 2.74 bits per heavy atom. The Hall–Kier alpha value is -3.49. The maximum atomic E-state index is 12.7. The molecule has 3 heterocycles. The van der Waals surface area contributed by atoms with E-state index in [0.717, 1.165) is 16.7 Å². The molecule has 31 heavy (non-hydrogen) atoms. The maximum Gasteiger partial charge on any atom is 0.270 e. The number of benzene rings is 1. The van der Waals surface area contributed by atoms with Crippen molar-refractivity contribution in [3.63, 3.8) is 0 Å². The van der Waals surface area contributed by atoms with Gasteiger partial charge in [0.05, 0.1) is 11.8 Å². The van der Waals surface area contributed by atoms with E-state index in [1.54, 1.807) is 35.0 Å². The Kier molecular flexibility index (Phi) is 5.83. The molecule has 0 fully saturated rings. The largest absolute Gasteiger partial charge is 0.388 e. The molecule has 158 valence electrons. The molecule has 0 aliphatic carbocycles. The predicted octanol–water partition coefficient (Wildman–Crippen LogP) is 3.19. The topological polar surface area (TPSA) is 118 Å². The summed E-state index contributed by atoms with van der Waals surface area (Å²) in [4.78, 5) is 21.4. The van der Waals surface area contributed by atoms with Gasteiger partial charge in [0.2, 0.25) is 5.95 Å². The minimum absolute atomic E-state index is 0.190. The lowest BCUT2D eigenvalue weighted by atomic mass is 10.1. The summed E-state index contributed by atoms with van der Waals surface area (Å²) in [5.41, 5.74) is 9.51. The first-order chi connectivity index (χ1) is 14.9. The SMILES string of the molecule is Cc1ccc(-c2ccn3nc(N)nc3c2)nc1C(=O)NCC[C@@H](O)c1ccc(Cl)cc1. The van der Waals surface area contributed by atoms with Gasteiger partial charge in [-0.1, -0.05) is 29.8 Å². The number of halogens is 1. The Bertz CT molecular complexity index is 1240. The third kappa shape index (κ3) is 4.65. The van der Waals surface area contributed by atoms with E-state index >= 15 is 0 Å². The highest BCUT2D eigenvalue weighted by atomic mass is 35.5. The number of aromatic nitrogens is 4. The van der Waals surface area contributed by atoms with E-state index in [-0.39, 0.29) is 11.9 Å². The van der Waals surface area contributed by atoms with Crippen LogP contribution in [0.1, 0.15) is 34.1 Å². The van der Waals surface area contributed by atoms with Crippen LogP contribution in [-0.2, 0) is 0 Å². The molecule has 0 radical (unpaired) electrons. The molecule has 9 heteroatoms. The first kappa shape index (κ1) is 20.8. The number of anilines is 1. The first-order valence-electron chi connectivity index (χ1n) is 9.72. The molecule has 0 bridgehead atoms. The number of pyridine rings is 2. The fraction of sp³-hybridized carbons (Fsp3) is 0.182. The van der Waals surface area contributed by atoms with Gasteiger partial charge in [-0.15, -0.1) is 5.10 Å². The number of nitrogens with one attached hydrogen (secondary N) is 1. The van der Waals surface area contributed by atoms with Crippen molar-refractivity contribution in [2.24, 2.45) is 0 Å². The van der Waals surface area contributed by atoms with Gasteiger partial charge in [-0.25, -0.2) is 9.50 Å². The number of nitrogens with two attached hydrogens (primary N) is 1. The number of nitrogen functional groups attached to an aromatic ring is 1. The molecule has 0 saturated carbocycles. The number of amides is 1. The molecular weight excluding hydrogens is 416 g/mol. The second kappa shape index (κ2) is 8.71. The summed E-state index contributed by atoms with van der Waals surface area (Å²) in [5.74, 6) is -0.106. The Labute approximate surface area is 183 Å². The maximum absolute atomic E-state index is 12.7. The number of carbonyl (C=O) groups is 1. The van der Waals surface area contributed by atoms with Crippen LogP contribution in [0.4, 0.5) is 5.95 Å². The number of hydrogen-bond donors (Lipinski definition) is 3. The number of fused-ring (bicyclic) bond motifs is 1. The molecule has 0 aliphatic rings. The fourth-order valence-corrected chi connectivity index (χ4v) is 3.36. The number of nitrogens with zero attached hydrogens (tertiary/aromatic N) is 4. The predicted molar refractivity (Wildman–Crippen MR) is 119 cm³/mol. The van der Waals surface area contributed by atoms with Gasteiger partial charge in [-0.05, 0) is 54.8 Å². The van der Waals surface area contributed by atoms with Gasteiger partial charge in [0.25, 0.3) is 5.91 Å². The molecule has 4 aromatic rings. The van der Waals surface area contributed by atoms with Crippen molar-refractivity contribution in [2.45, 2.75) is 19.4 Å². The molecule has 3 aromatic heterocycles. The second-order valence-corrected chi connectivity index (χ2v) is 7.60. The zero-order valence-electron chi connectivity index (χ0n) is 16.8. The molecule has 0 spiro atoms. The van der Waals surface area contributed by atoms with Crippen LogP contribution in [0.5, 0.6) is 0 Å². The van der Waals surface area contributed by atoms with Crippen molar-refractivity contribution in [3.05, 3.63) is 76.6 Å². The van der Waals surface area contributed by atoms with Crippen molar-refractivity contribution in [2.75, 3.05) is 12.3 Å². The van der Waals surface area contributed by atoms with E-state index in [0.29, 0.717) is 35.0 Å². The molecule has 4 N–H and O–H groups in total. The third-order valence-corrected chi connectivity index (χ3v) is 5.17. The van der Waals surface area contributed by atoms with Gasteiger partial charge >= 0.3 is 0 Å². The number of hydrogen-bond acceptors (Lipinski definition) is 6. The zero-order valence-corrected chi connectivity index (χ0v) is 17.5. The van der Waals surface area contributed by atoms with Gasteiger partial charge in [0.1, 0.15) is 5.69 Å². The van der Waals surface area contributed by atoms with Crippen LogP contribution in [-0.4, -0.2) is 37.1 Å². The highest BCUT2D eigenvalue weighted by molar-refractivity contribution is 6.30. The van der Waals surface area contributed by atoms with E-state index in [9.17, 15) is 9.90 Å². The van der Waals surface area contributed by atoms with Crippen LogP contribution in [0.2, 0.25) is 5.02 Å². The lowest BCUT2D eigenvalue weighted by molar-refractivity contribution is 0.0937. The molecule has 0 aliphatic heterocycles. The zero-order chi connectivity index (χ0) is 22.0. The normalized spacial score (nSPS) is 12.1. The smallest absolute Gasteiger partial charge is 0.270 e. The van der Waals surface area contributed by atoms with Crippen LogP contribution >= 0.6 is 11.6 Å². The standard InChI is InChI=1S/C22H21ClN6O2/c1-13-2-7-17(15-9-11-29-19(12-15)27-22(24)28-29)26-20(13)21(31)25-10-8-18(30)14-3-5-16(23)6-4-14/h2-7,9,11-12,18,30H,8,10H2,1H3,(H2,24,28)(H,25,31)/t18-/m1/s1. The van der Waals surface area contributed by atoms with Gasteiger partial charge in [0, 0.05) is 23.3 Å². The molecule has 8 nitrogen and oxygen atoms in total. The molecule has 0 saturated heterocycles. The quantitative estimate of drug-likeness (QED) is 0.427. The average Bonchev–Trinajstić information content (AvgIpc) is 3.13. The third-order valence-electron chi connectivity index (χ3n) is 4.92. The molecule has 1 atom stereocenters. The number of aliphatic hydroxyl groups is 1. The van der Waals surface area contributed by atoms with Crippen molar-refractivity contribution in [3.8, 4) is 11.3 Å². The van der Waals surface area contributed by atoms with Crippen LogP contribution in [0.3, 0.4) is 0 Å². The lowest BCUT2D eigenvalue weighted by Gasteiger charge is -2.13. The molecule has 1 amide bonds. The average molecular weight is 437 g/mol. The molecule has 0 unspecified atom stereocenters. The highest BCUT2D eigenvalue weighted by Gasteiger charge is 2.14. The summed E-state index contributed by atoms with van der Waals surface area (Å²) >= 11 is 5.87.